The number of rotatable bonds is 6. The number of nitrogens with zero attached hydrogens (tertiary/aromatic N) is 2. The van der Waals surface area contributed by atoms with Crippen molar-refractivity contribution >= 4 is 5.78 Å². The van der Waals surface area contributed by atoms with Gasteiger partial charge >= 0.3 is 0 Å². The van der Waals surface area contributed by atoms with Gasteiger partial charge in [0.05, 0.1) is 0 Å². The van der Waals surface area contributed by atoms with Gasteiger partial charge in [-0.2, -0.15) is 0 Å². The van der Waals surface area contributed by atoms with Crippen LogP contribution < -0.4 is 0 Å². The van der Waals surface area contributed by atoms with E-state index in [9.17, 15) is 4.79 Å². The summed E-state index contributed by atoms with van der Waals surface area (Å²) in [7, 11) is 0. The Labute approximate surface area is 95.6 Å². The number of ketones is 1. The van der Waals surface area contributed by atoms with E-state index in [0.29, 0.717) is 18.3 Å². The van der Waals surface area contributed by atoms with E-state index in [1.54, 1.807) is 6.20 Å². The Bertz CT molecular complexity index is 369. The molecule has 1 unspecified atom stereocenters. The van der Waals surface area contributed by atoms with Crippen molar-refractivity contribution in [1.29, 1.82) is 0 Å². The number of imidazole rings is 1. The predicted octanol–water partition coefficient (Wildman–Crippen LogP) is 1.90. The van der Waals surface area contributed by atoms with Crippen LogP contribution in [0.1, 0.15) is 37.3 Å². The molecule has 1 aromatic heterocycles. The van der Waals surface area contributed by atoms with Gasteiger partial charge in [0, 0.05) is 25.5 Å². The molecule has 0 radical (unpaired) electrons. The van der Waals surface area contributed by atoms with Crippen LogP contribution in [0.3, 0.4) is 0 Å². The molecule has 1 aliphatic rings. The standard InChI is InChI=1S/C12H18N2O2/c1-3-14-8-7-13-12(14)10(15)11(16-4-2)9-5-6-9/h7-9,11H,3-6H2,1-2H3. The second-order valence-electron chi connectivity index (χ2n) is 4.11. The van der Waals surface area contributed by atoms with Gasteiger partial charge in [0.2, 0.25) is 5.78 Å². The molecule has 0 bridgehead atoms. The first-order chi connectivity index (χ1) is 7.77. The highest BCUT2D eigenvalue weighted by Crippen LogP contribution is 2.35. The first-order valence-electron chi connectivity index (χ1n) is 5.94. The minimum absolute atomic E-state index is 0.0381. The van der Waals surface area contributed by atoms with Gasteiger partial charge in [-0.25, -0.2) is 4.98 Å². The maximum absolute atomic E-state index is 12.2. The SMILES string of the molecule is CCOC(C(=O)c1nccn1CC)C1CC1. The highest BCUT2D eigenvalue weighted by molar-refractivity contribution is 5.97. The van der Waals surface area contributed by atoms with Gasteiger partial charge in [0.25, 0.3) is 0 Å². The van der Waals surface area contributed by atoms with Gasteiger partial charge in [0.1, 0.15) is 6.10 Å². The fraction of sp³-hybridized carbons (Fsp3) is 0.667. The zero-order chi connectivity index (χ0) is 11.5. The Kier molecular flexibility index (Phi) is 3.39. The summed E-state index contributed by atoms with van der Waals surface area (Å²) in [6.07, 6.45) is 5.43. The highest BCUT2D eigenvalue weighted by atomic mass is 16.5. The molecule has 0 aromatic carbocycles. The Morgan fingerprint density at radius 3 is 2.94 bits per heavy atom. The molecule has 88 valence electrons. The van der Waals surface area contributed by atoms with E-state index in [0.717, 1.165) is 19.4 Å². The quantitative estimate of drug-likeness (QED) is 0.690. The lowest BCUT2D eigenvalue weighted by Crippen LogP contribution is -2.29. The maximum Gasteiger partial charge on any atom is 0.227 e. The van der Waals surface area contributed by atoms with Crippen LogP contribution in [0.5, 0.6) is 0 Å². The summed E-state index contributed by atoms with van der Waals surface area (Å²) < 4.78 is 7.42. The zero-order valence-electron chi connectivity index (χ0n) is 9.85. The third-order valence-corrected chi connectivity index (χ3v) is 2.93. The second kappa shape index (κ2) is 4.78. The Morgan fingerprint density at radius 2 is 2.38 bits per heavy atom. The molecule has 2 rings (SSSR count). The van der Waals surface area contributed by atoms with Gasteiger partial charge < -0.3 is 9.30 Å². The van der Waals surface area contributed by atoms with Gasteiger partial charge in [-0.15, -0.1) is 0 Å². The summed E-state index contributed by atoms with van der Waals surface area (Å²) in [5.41, 5.74) is 0. The lowest BCUT2D eigenvalue weighted by Gasteiger charge is -2.15. The Hall–Kier alpha value is -1.16. The molecule has 1 heterocycles. The average molecular weight is 222 g/mol. The number of carbonyl (C=O) groups is 1. The number of aryl methyl sites for hydroxylation is 1. The van der Waals surface area contributed by atoms with Crippen LogP contribution >= 0.6 is 0 Å². The number of hydrogen-bond donors (Lipinski definition) is 0. The highest BCUT2D eigenvalue weighted by Gasteiger charge is 2.38. The van der Waals surface area contributed by atoms with Gasteiger partial charge in [-0.1, -0.05) is 0 Å². The van der Waals surface area contributed by atoms with E-state index < -0.39 is 0 Å². The summed E-state index contributed by atoms with van der Waals surface area (Å²) in [6.45, 7) is 5.28. The summed E-state index contributed by atoms with van der Waals surface area (Å²) in [5.74, 6) is 0.985. The van der Waals surface area contributed by atoms with Crippen LogP contribution in [0.4, 0.5) is 0 Å². The van der Waals surface area contributed by atoms with Crippen LogP contribution in [0, 0.1) is 5.92 Å². The summed E-state index contributed by atoms with van der Waals surface area (Å²) in [5, 5.41) is 0. The molecule has 4 nitrogen and oxygen atoms in total. The molecule has 0 aliphatic heterocycles. The summed E-state index contributed by atoms with van der Waals surface area (Å²) in [4.78, 5) is 16.4. The van der Waals surface area contributed by atoms with E-state index in [2.05, 4.69) is 4.98 Å². The van der Waals surface area contributed by atoms with Crippen molar-refractivity contribution < 1.29 is 9.53 Å². The lowest BCUT2D eigenvalue weighted by molar-refractivity contribution is 0.0362. The van der Waals surface area contributed by atoms with Gasteiger partial charge in [0.15, 0.2) is 5.82 Å². The second-order valence-corrected chi connectivity index (χ2v) is 4.11. The minimum Gasteiger partial charge on any atom is -0.370 e. The third kappa shape index (κ3) is 2.16. The van der Waals surface area contributed by atoms with Crippen molar-refractivity contribution in [3.05, 3.63) is 18.2 Å². The first-order valence-corrected chi connectivity index (χ1v) is 5.94. The molecule has 1 fully saturated rings. The molecule has 4 heteroatoms. The fourth-order valence-electron chi connectivity index (χ4n) is 1.92. The predicted molar refractivity (Wildman–Crippen MR) is 60.4 cm³/mol. The van der Waals surface area contributed by atoms with Crippen LogP contribution in [0.2, 0.25) is 0 Å². The van der Waals surface area contributed by atoms with E-state index in [4.69, 9.17) is 4.74 Å². The molecule has 0 amide bonds. The molecule has 1 atom stereocenters. The maximum atomic E-state index is 12.2. The van der Waals surface area contributed by atoms with E-state index in [1.165, 1.54) is 0 Å². The number of ether oxygens (including phenoxy) is 1. The molecule has 1 saturated carbocycles. The molecule has 16 heavy (non-hydrogen) atoms. The van der Waals surface area contributed by atoms with Crippen molar-refractivity contribution in [2.24, 2.45) is 5.92 Å². The fourth-order valence-corrected chi connectivity index (χ4v) is 1.92. The smallest absolute Gasteiger partial charge is 0.227 e. The van der Waals surface area contributed by atoms with Crippen LogP contribution in [0.25, 0.3) is 0 Å². The van der Waals surface area contributed by atoms with E-state index in [1.807, 2.05) is 24.6 Å². The van der Waals surface area contributed by atoms with Gasteiger partial charge in [-0.05, 0) is 32.6 Å². The van der Waals surface area contributed by atoms with Crippen molar-refractivity contribution in [2.45, 2.75) is 39.3 Å². The molecular weight excluding hydrogens is 204 g/mol. The Morgan fingerprint density at radius 1 is 1.62 bits per heavy atom. The topological polar surface area (TPSA) is 44.1 Å². The number of hydrogen-bond acceptors (Lipinski definition) is 3. The largest absolute Gasteiger partial charge is 0.370 e. The monoisotopic (exact) mass is 222 g/mol. The summed E-state index contributed by atoms with van der Waals surface area (Å²) in [6, 6.07) is 0. The minimum atomic E-state index is -0.280. The van der Waals surface area contributed by atoms with Crippen molar-refractivity contribution in [3.8, 4) is 0 Å². The summed E-state index contributed by atoms with van der Waals surface area (Å²) >= 11 is 0. The normalized spacial score (nSPS) is 17.4. The zero-order valence-corrected chi connectivity index (χ0v) is 9.85. The molecule has 0 spiro atoms. The van der Waals surface area contributed by atoms with E-state index in [-0.39, 0.29) is 11.9 Å². The molecule has 0 N–H and O–H groups in total. The molecule has 1 aliphatic carbocycles. The van der Waals surface area contributed by atoms with Crippen LogP contribution in [0.15, 0.2) is 12.4 Å². The number of carbonyl (C=O) groups excluding carboxylic acids is 1. The first kappa shape index (κ1) is 11.3. The average Bonchev–Trinajstić information content (AvgIpc) is 3.01. The third-order valence-electron chi connectivity index (χ3n) is 2.93. The van der Waals surface area contributed by atoms with Crippen molar-refractivity contribution in [2.75, 3.05) is 6.61 Å². The lowest BCUT2D eigenvalue weighted by atomic mass is 10.1. The number of aromatic nitrogens is 2. The van der Waals surface area contributed by atoms with E-state index >= 15 is 0 Å². The molecular formula is C12H18N2O2. The number of Topliss-reactive ketones (excluding diaryl/α,β-unsaturated/α-hetero) is 1. The van der Waals surface area contributed by atoms with Crippen LogP contribution in [-0.4, -0.2) is 28.0 Å². The van der Waals surface area contributed by atoms with Crippen LogP contribution in [-0.2, 0) is 11.3 Å². The van der Waals surface area contributed by atoms with Gasteiger partial charge in [-0.3, -0.25) is 4.79 Å². The van der Waals surface area contributed by atoms with Crippen molar-refractivity contribution in [3.63, 3.8) is 0 Å². The molecule has 1 aromatic rings. The van der Waals surface area contributed by atoms with Crippen molar-refractivity contribution in [1.82, 2.24) is 9.55 Å². The molecule has 0 saturated heterocycles. The Balaban J connectivity index is 2.15.